The summed E-state index contributed by atoms with van der Waals surface area (Å²) in [6.07, 6.45) is 1.61. The van der Waals surface area contributed by atoms with Gasteiger partial charge in [-0.1, -0.05) is 18.2 Å². The van der Waals surface area contributed by atoms with Crippen LogP contribution in [0.3, 0.4) is 0 Å². The molecule has 0 N–H and O–H groups in total. The molecule has 0 fully saturated rings. The van der Waals surface area contributed by atoms with Gasteiger partial charge in [-0.3, -0.25) is 19.7 Å². The summed E-state index contributed by atoms with van der Waals surface area (Å²) in [5.74, 6) is -0.0540. The van der Waals surface area contributed by atoms with E-state index in [0.717, 1.165) is 4.88 Å². The first-order chi connectivity index (χ1) is 14.4. The van der Waals surface area contributed by atoms with Gasteiger partial charge < -0.3 is 9.47 Å². The molecule has 7 nitrogen and oxygen atoms in total. The second kappa shape index (κ2) is 7.92. The number of benzene rings is 2. The molecule has 3 aromatic rings. The highest BCUT2D eigenvalue weighted by Crippen LogP contribution is 2.39. The van der Waals surface area contributed by atoms with Gasteiger partial charge >= 0.3 is 5.97 Å². The average Bonchev–Trinajstić information content (AvgIpc) is 3.33. The van der Waals surface area contributed by atoms with Crippen LogP contribution in [0.15, 0.2) is 59.7 Å². The van der Waals surface area contributed by atoms with Crippen LogP contribution in [0.5, 0.6) is 11.5 Å². The number of rotatable bonds is 5. The lowest BCUT2D eigenvalue weighted by Gasteiger charge is -2.09. The number of nitro benzene ring substituents is 1. The number of Topliss-reactive ketones (excluding diaryl/α,β-unsaturated/α-hetero) is 1. The molecule has 0 bridgehead atoms. The molecule has 0 saturated heterocycles. The summed E-state index contributed by atoms with van der Waals surface area (Å²) in [5, 5.41) is 12.8. The molecular formula is C22H15NO6S. The van der Waals surface area contributed by atoms with E-state index in [-0.39, 0.29) is 23.7 Å². The van der Waals surface area contributed by atoms with Crippen molar-refractivity contribution in [3.05, 3.63) is 91.4 Å². The average molecular weight is 421 g/mol. The number of allylic oxidation sites excluding steroid dienone is 1. The zero-order valence-corrected chi connectivity index (χ0v) is 16.6. The Morgan fingerprint density at radius 1 is 1.23 bits per heavy atom. The number of carbonyl (C=O) groups excluding carboxylic acids is 2. The third-order valence-corrected chi connectivity index (χ3v) is 5.41. The number of fused-ring (bicyclic) bond motifs is 1. The summed E-state index contributed by atoms with van der Waals surface area (Å²) in [6.45, 7) is 1.70. The number of non-ortho nitro benzene ring substituents is 1. The van der Waals surface area contributed by atoms with Crippen LogP contribution in [0.1, 0.15) is 26.4 Å². The highest BCUT2D eigenvalue weighted by atomic mass is 32.1. The molecule has 0 aliphatic carbocycles. The molecule has 0 unspecified atom stereocenters. The van der Waals surface area contributed by atoms with Crippen molar-refractivity contribution in [1.29, 1.82) is 0 Å². The Morgan fingerprint density at radius 3 is 2.80 bits per heavy atom. The number of hydrogen-bond acceptors (Lipinski definition) is 7. The number of hydrogen-bond donors (Lipinski definition) is 0. The Morgan fingerprint density at radius 2 is 2.07 bits per heavy atom. The second-order valence-electron chi connectivity index (χ2n) is 6.59. The molecule has 8 heteroatoms. The van der Waals surface area contributed by atoms with Gasteiger partial charge in [-0.25, -0.2) is 0 Å². The Hall–Kier alpha value is -3.78. The van der Waals surface area contributed by atoms with E-state index in [1.807, 2.05) is 17.5 Å². The van der Waals surface area contributed by atoms with Crippen molar-refractivity contribution in [3.8, 4) is 11.5 Å². The number of ether oxygens (including phenoxy) is 2. The molecule has 150 valence electrons. The molecule has 0 radical (unpaired) electrons. The first-order valence-electron chi connectivity index (χ1n) is 8.98. The van der Waals surface area contributed by atoms with E-state index in [4.69, 9.17) is 9.47 Å². The van der Waals surface area contributed by atoms with E-state index < -0.39 is 10.9 Å². The monoisotopic (exact) mass is 421 g/mol. The predicted octanol–water partition coefficient (Wildman–Crippen LogP) is 4.73. The number of thiophene rings is 1. The summed E-state index contributed by atoms with van der Waals surface area (Å²) in [5.41, 5.74) is 1.27. The van der Waals surface area contributed by atoms with E-state index in [1.165, 1.54) is 35.6 Å². The van der Waals surface area contributed by atoms with E-state index in [9.17, 15) is 19.7 Å². The van der Waals surface area contributed by atoms with Gasteiger partial charge in [-0.05, 0) is 42.1 Å². The molecule has 1 aliphatic heterocycles. The van der Waals surface area contributed by atoms with Gasteiger partial charge in [0.2, 0.25) is 5.78 Å². The first kappa shape index (κ1) is 19.5. The number of esters is 1. The van der Waals surface area contributed by atoms with Gasteiger partial charge in [-0.15, -0.1) is 11.3 Å². The third-order valence-electron chi connectivity index (χ3n) is 4.54. The molecule has 4 rings (SSSR count). The van der Waals surface area contributed by atoms with Crippen molar-refractivity contribution in [3.63, 3.8) is 0 Å². The fourth-order valence-corrected chi connectivity index (χ4v) is 3.76. The fraction of sp³-hybridized carbons (Fsp3) is 0.0909. The number of nitrogens with zero attached hydrogens (tertiary/aromatic N) is 1. The maximum Gasteiger partial charge on any atom is 0.316 e. The first-order valence-corrected chi connectivity index (χ1v) is 9.85. The standard InChI is InChI=1S/C22H15NO6S/c1-13-18(28-20(24)12-16-6-3-9-30-16)8-7-17-21(25)19(29-22(13)17)11-14-4-2-5-15(10-14)23(26)27/h2-11H,12H2,1H3/b19-11-. The minimum Gasteiger partial charge on any atom is -0.452 e. The van der Waals surface area contributed by atoms with Gasteiger partial charge in [0.1, 0.15) is 11.5 Å². The lowest BCUT2D eigenvalue weighted by Crippen LogP contribution is -2.11. The summed E-state index contributed by atoms with van der Waals surface area (Å²) >= 11 is 1.47. The van der Waals surface area contributed by atoms with Gasteiger partial charge in [0.15, 0.2) is 5.76 Å². The molecule has 1 aliphatic rings. The van der Waals surface area contributed by atoms with E-state index in [2.05, 4.69) is 0 Å². The molecular weight excluding hydrogens is 406 g/mol. The van der Waals surface area contributed by atoms with Crippen LogP contribution in [0.4, 0.5) is 5.69 Å². The summed E-state index contributed by atoms with van der Waals surface area (Å²) < 4.78 is 11.2. The van der Waals surface area contributed by atoms with Crippen molar-refractivity contribution in [2.75, 3.05) is 0 Å². The van der Waals surface area contributed by atoms with Gasteiger partial charge in [0.05, 0.1) is 16.9 Å². The van der Waals surface area contributed by atoms with Crippen molar-refractivity contribution >= 4 is 34.9 Å². The van der Waals surface area contributed by atoms with Crippen molar-refractivity contribution in [1.82, 2.24) is 0 Å². The normalized spacial score (nSPS) is 13.8. The molecule has 0 saturated carbocycles. The predicted molar refractivity (Wildman–Crippen MR) is 111 cm³/mol. The summed E-state index contributed by atoms with van der Waals surface area (Å²) in [6, 6.07) is 12.7. The quantitative estimate of drug-likeness (QED) is 0.194. The van der Waals surface area contributed by atoms with Gasteiger partial charge in [-0.2, -0.15) is 0 Å². The minimum absolute atomic E-state index is 0.0515. The van der Waals surface area contributed by atoms with Gasteiger partial charge in [0.25, 0.3) is 5.69 Å². The molecule has 0 spiro atoms. The Kier molecular flexibility index (Phi) is 5.16. The van der Waals surface area contributed by atoms with Crippen LogP contribution < -0.4 is 9.47 Å². The number of ketones is 1. The zero-order chi connectivity index (χ0) is 21.3. The Bertz CT molecular complexity index is 1200. The smallest absolute Gasteiger partial charge is 0.316 e. The van der Waals surface area contributed by atoms with Crippen LogP contribution in [0.25, 0.3) is 6.08 Å². The van der Waals surface area contributed by atoms with Crippen molar-refractivity contribution < 1.29 is 24.0 Å². The van der Waals surface area contributed by atoms with Crippen molar-refractivity contribution in [2.45, 2.75) is 13.3 Å². The van der Waals surface area contributed by atoms with E-state index in [1.54, 1.807) is 25.1 Å². The summed E-state index contributed by atoms with van der Waals surface area (Å²) in [4.78, 5) is 36.2. The lowest BCUT2D eigenvalue weighted by atomic mass is 10.1. The molecule has 1 aromatic heterocycles. The molecule has 0 atom stereocenters. The second-order valence-corrected chi connectivity index (χ2v) is 7.62. The maximum absolute atomic E-state index is 12.7. The highest BCUT2D eigenvalue weighted by molar-refractivity contribution is 7.10. The number of carbonyl (C=O) groups is 2. The highest BCUT2D eigenvalue weighted by Gasteiger charge is 2.30. The van der Waals surface area contributed by atoms with E-state index >= 15 is 0 Å². The number of nitro groups is 1. The summed E-state index contributed by atoms with van der Waals surface area (Å²) in [7, 11) is 0. The molecule has 2 heterocycles. The van der Waals surface area contributed by atoms with Crippen LogP contribution >= 0.6 is 11.3 Å². The topological polar surface area (TPSA) is 95.7 Å². The SMILES string of the molecule is Cc1c(OC(=O)Cc2cccs2)ccc2c1O/C(=C\c1cccc([N+](=O)[O-])c1)C2=O. The van der Waals surface area contributed by atoms with Crippen LogP contribution in [-0.4, -0.2) is 16.7 Å². The third kappa shape index (κ3) is 3.85. The Balaban J connectivity index is 1.57. The zero-order valence-electron chi connectivity index (χ0n) is 15.8. The van der Waals surface area contributed by atoms with E-state index in [0.29, 0.717) is 28.2 Å². The van der Waals surface area contributed by atoms with Gasteiger partial charge in [0, 0.05) is 22.6 Å². The van der Waals surface area contributed by atoms with Crippen molar-refractivity contribution in [2.24, 2.45) is 0 Å². The Labute approximate surface area is 175 Å². The molecule has 2 aromatic carbocycles. The van der Waals surface area contributed by atoms with Crippen LogP contribution in [0, 0.1) is 17.0 Å². The van der Waals surface area contributed by atoms with Crippen LogP contribution in [-0.2, 0) is 11.2 Å². The molecule has 0 amide bonds. The largest absolute Gasteiger partial charge is 0.452 e. The lowest BCUT2D eigenvalue weighted by molar-refractivity contribution is -0.384. The maximum atomic E-state index is 12.7. The molecule has 30 heavy (non-hydrogen) atoms. The fourth-order valence-electron chi connectivity index (χ4n) is 3.07. The minimum atomic E-state index is -0.505. The van der Waals surface area contributed by atoms with Crippen LogP contribution in [0.2, 0.25) is 0 Å².